The van der Waals surface area contributed by atoms with Crippen LogP contribution in [-0.4, -0.2) is 19.9 Å². The van der Waals surface area contributed by atoms with Gasteiger partial charge in [0.05, 0.1) is 6.54 Å². The summed E-state index contributed by atoms with van der Waals surface area (Å²) in [6, 6.07) is 19.5. The number of anilines is 2. The normalized spacial score (nSPS) is 10.8. The Morgan fingerprint density at radius 2 is 1.82 bits per heavy atom. The number of thiocarbonyl (C=S) groups is 1. The zero-order valence-electron chi connectivity index (χ0n) is 14.6. The maximum absolute atomic E-state index is 6.22. The lowest BCUT2D eigenvalue weighted by molar-refractivity contribution is 0.687. The fourth-order valence-electron chi connectivity index (χ4n) is 2.84. The van der Waals surface area contributed by atoms with Gasteiger partial charge in [0.25, 0.3) is 0 Å². The van der Waals surface area contributed by atoms with Crippen LogP contribution in [-0.2, 0) is 6.54 Å². The summed E-state index contributed by atoms with van der Waals surface area (Å²) in [5.74, 6) is 0.405. The molecule has 4 aromatic rings. The van der Waals surface area contributed by atoms with E-state index in [1.807, 2.05) is 36.4 Å². The van der Waals surface area contributed by atoms with Gasteiger partial charge in [-0.2, -0.15) is 0 Å². The van der Waals surface area contributed by atoms with Crippen molar-refractivity contribution >= 4 is 62.9 Å². The van der Waals surface area contributed by atoms with E-state index in [9.17, 15) is 0 Å². The Bertz CT molecular complexity index is 1150. The van der Waals surface area contributed by atoms with Crippen molar-refractivity contribution in [2.75, 3.05) is 10.6 Å². The first-order chi connectivity index (χ1) is 13.6. The number of nitrogens with zero attached hydrogens (tertiary/aromatic N) is 3. The molecule has 0 bridgehead atoms. The molecule has 0 radical (unpaired) electrons. The third-order valence-corrected chi connectivity index (χ3v) is 4.94. The maximum Gasteiger partial charge on any atom is 0.248 e. The van der Waals surface area contributed by atoms with Crippen LogP contribution in [0.2, 0.25) is 10.0 Å². The van der Waals surface area contributed by atoms with Crippen LogP contribution >= 0.6 is 35.4 Å². The molecule has 28 heavy (non-hydrogen) atoms. The van der Waals surface area contributed by atoms with Gasteiger partial charge in [0, 0.05) is 21.1 Å². The molecule has 0 aliphatic rings. The summed E-state index contributed by atoms with van der Waals surface area (Å²) in [7, 11) is 0. The highest BCUT2D eigenvalue weighted by Crippen LogP contribution is 2.23. The molecule has 3 aromatic carbocycles. The molecule has 0 saturated heterocycles. The summed E-state index contributed by atoms with van der Waals surface area (Å²) in [6.07, 6.45) is 1.62. The van der Waals surface area contributed by atoms with E-state index in [0.717, 1.165) is 22.0 Å². The van der Waals surface area contributed by atoms with Crippen molar-refractivity contribution in [2.45, 2.75) is 6.54 Å². The lowest BCUT2D eigenvalue weighted by Crippen LogP contribution is -2.20. The van der Waals surface area contributed by atoms with Crippen molar-refractivity contribution in [3.63, 3.8) is 0 Å². The smallest absolute Gasteiger partial charge is 0.248 e. The zero-order chi connectivity index (χ0) is 19.5. The van der Waals surface area contributed by atoms with E-state index >= 15 is 0 Å². The number of rotatable bonds is 4. The lowest BCUT2D eigenvalue weighted by Gasteiger charge is -2.10. The number of benzene rings is 3. The average molecular weight is 428 g/mol. The van der Waals surface area contributed by atoms with Crippen molar-refractivity contribution in [2.24, 2.45) is 0 Å². The van der Waals surface area contributed by atoms with Gasteiger partial charge < -0.3 is 5.32 Å². The number of hydrogen-bond donors (Lipinski definition) is 2. The molecule has 0 atom stereocenters. The summed E-state index contributed by atoms with van der Waals surface area (Å²) < 4.78 is 1.68. The Kier molecular flexibility index (Phi) is 5.43. The standard InChI is InChI=1S/C20H15Cl2N5S/c21-15-9-8-14(17(22)10-15)11-27-12-23-19(26-27)25-20(28)24-18-7-3-5-13-4-1-2-6-16(13)18/h1-10,12H,11H2,(H2,24,25,26,28). The van der Waals surface area contributed by atoms with Crippen molar-refractivity contribution < 1.29 is 0 Å². The highest BCUT2D eigenvalue weighted by molar-refractivity contribution is 7.80. The predicted molar refractivity (Wildman–Crippen MR) is 119 cm³/mol. The van der Waals surface area contributed by atoms with E-state index in [0.29, 0.717) is 27.7 Å². The third kappa shape index (κ3) is 4.25. The fraction of sp³-hybridized carbons (Fsp3) is 0.0500. The van der Waals surface area contributed by atoms with E-state index in [2.05, 4.69) is 32.8 Å². The van der Waals surface area contributed by atoms with Crippen LogP contribution in [0.4, 0.5) is 11.6 Å². The molecule has 0 saturated carbocycles. The second-order valence-corrected chi connectivity index (χ2v) is 7.36. The first-order valence-corrected chi connectivity index (χ1v) is 9.64. The monoisotopic (exact) mass is 427 g/mol. The largest absolute Gasteiger partial charge is 0.332 e. The van der Waals surface area contributed by atoms with Crippen molar-refractivity contribution in [1.29, 1.82) is 0 Å². The third-order valence-electron chi connectivity index (χ3n) is 4.15. The lowest BCUT2D eigenvalue weighted by atomic mass is 10.1. The first kappa shape index (κ1) is 18.7. The van der Waals surface area contributed by atoms with Crippen LogP contribution in [0.5, 0.6) is 0 Å². The minimum absolute atomic E-state index is 0.405. The van der Waals surface area contributed by atoms with Gasteiger partial charge in [0.2, 0.25) is 5.95 Å². The molecular formula is C20H15Cl2N5S. The second-order valence-electron chi connectivity index (χ2n) is 6.11. The summed E-state index contributed by atoms with van der Waals surface area (Å²) in [6.45, 7) is 0.480. The molecule has 0 aliphatic carbocycles. The SMILES string of the molecule is S=C(Nc1ncn(Cc2ccc(Cl)cc2Cl)n1)Nc1cccc2ccccc12. The molecule has 4 rings (SSSR count). The molecule has 1 aromatic heterocycles. The van der Waals surface area contributed by atoms with Gasteiger partial charge >= 0.3 is 0 Å². The molecule has 1 heterocycles. The van der Waals surface area contributed by atoms with Crippen molar-refractivity contribution in [1.82, 2.24) is 14.8 Å². The van der Waals surface area contributed by atoms with Crippen molar-refractivity contribution in [3.8, 4) is 0 Å². The Balaban J connectivity index is 1.44. The van der Waals surface area contributed by atoms with Gasteiger partial charge in [-0.1, -0.05) is 65.7 Å². The Hall–Kier alpha value is -2.67. The highest BCUT2D eigenvalue weighted by Gasteiger charge is 2.08. The van der Waals surface area contributed by atoms with Crippen LogP contribution in [0.15, 0.2) is 67.0 Å². The fourth-order valence-corrected chi connectivity index (χ4v) is 3.51. The first-order valence-electron chi connectivity index (χ1n) is 8.47. The maximum atomic E-state index is 6.22. The molecule has 0 fully saturated rings. The second kappa shape index (κ2) is 8.14. The van der Waals surface area contributed by atoms with Gasteiger partial charge in [-0.15, -0.1) is 5.10 Å². The van der Waals surface area contributed by atoms with Crippen molar-refractivity contribution in [3.05, 3.63) is 82.6 Å². The summed E-state index contributed by atoms with van der Waals surface area (Å²) in [5, 5.41) is 14.4. The van der Waals surface area contributed by atoms with E-state index in [-0.39, 0.29) is 0 Å². The summed E-state index contributed by atoms with van der Waals surface area (Å²) in [5.41, 5.74) is 1.82. The number of halogens is 2. The van der Waals surface area contributed by atoms with Crippen LogP contribution in [0.1, 0.15) is 5.56 Å². The summed E-state index contributed by atoms with van der Waals surface area (Å²) in [4.78, 5) is 4.25. The topological polar surface area (TPSA) is 54.8 Å². The van der Waals surface area contributed by atoms with Crippen LogP contribution in [0, 0.1) is 0 Å². The Morgan fingerprint density at radius 1 is 1.00 bits per heavy atom. The van der Waals surface area contributed by atoms with E-state index in [1.165, 1.54) is 0 Å². The number of fused-ring (bicyclic) bond motifs is 1. The summed E-state index contributed by atoms with van der Waals surface area (Å²) >= 11 is 17.6. The zero-order valence-corrected chi connectivity index (χ0v) is 16.9. The van der Waals surface area contributed by atoms with Gasteiger partial charge in [-0.25, -0.2) is 9.67 Å². The van der Waals surface area contributed by atoms with E-state index < -0.39 is 0 Å². The van der Waals surface area contributed by atoms with Crippen LogP contribution in [0.3, 0.4) is 0 Å². The molecular weight excluding hydrogens is 413 g/mol. The molecule has 5 nitrogen and oxygen atoms in total. The number of aromatic nitrogens is 3. The van der Waals surface area contributed by atoms with Gasteiger partial charge in [0.15, 0.2) is 5.11 Å². The van der Waals surface area contributed by atoms with E-state index in [4.69, 9.17) is 35.4 Å². The molecule has 140 valence electrons. The Morgan fingerprint density at radius 3 is 2.68 bits per heavy atom. The quantitative estimate of drug-likeness (QED) is 0.415. The molecule has 0 unspecified atom stereocenters. The van der Waals surface area contributed by atoms with Gasteiger partial charge in [-0.3, -0.25) is 5.32 Å². The molecule has 0 aliphatic heterocycles. The number of nitrogens with one attached hydrogen (secondary N) is 2. The Labute approximate surface area is 177 Å². The van der Waals surface area contributed by atoms with Gasteiger partial charge in [0.1, 0.15) is 6.33 Å². The molecule has 0 spiro atoms. The molecule has 2 N–H and O–H groups in total. The van der Waals surface area contributed by atoms with E-state index in [1.54, 1.807) is 23.1 Å². The minimum atomic E-state index is 0.405. The van der Waals surface area contributed by atoms with Crippen LogP contribution in [0.25, 0.3) is 10.8 Å². The highest BCUT2D eigenvalue weighted by atomic mass is 35.5. The molecule has 8 heteroatoms. The van der Waals surface area contributed by atoms with Crippen LogP contribution < -0.4 is 10.6 Å². The minimum Gasteiger partial charge on any atom is -0.332 e. The predicted octanol–water partition coefficient (Wildman–Crippen LogP) is 5.60. The molecule has 0 amide bonds. The number of hydrogen-bond acceptors (Lipinski definition) is 3. The van der Waals surface area contributed by atoms with Gasteiger partial charge in [-0.05, 0) is 41.4 Å². The average Bonchev–Trinajstić information content (AvgIpc) is 3.11.